The summed E-state index contributed by atoms with van der Waals surface area (Å²) in [5.74, 6) is 0.971. The maximum atomic E-state index is 13.0. The lowest BCUT2D eigenvalue weighted by Gasteiger charge is -2.37. The Kier molecular flexibility index (Phi) is 5.19. The van der Waals surface area contributed by atoms with E-state index in [1.54, 1.807) is 0 Å². The molecule has 2 N–H and O–H groups in total. The maximum absolute atomic E-state index is 13.0. The molecule has 1 aromatic heterocycles. The monoisotopic (exact) mass is 369 g/mol. The van der Waals surface area contributed by atoms with E-state index in [1.165, 1.54) is 12.8 Å². The zero-order valence-electron chi connectivity index (χ0n) is 16.5. The fourth-order valence-electron chi connectivity index (χ4n) is 4.76. The Hall–Kier alpha value is -1.92. The summed E-state index contributed by atoms with van der Waals surface area (Å²) in [7, 11) is 2.20. The number of nitrogens with zero attached hydrogens (tertiary/aromatic N) is 3. The molecule has 27 heavy (non-hydrogen) atoms. The van der Waals surface area contributed by atoms with Crippen LogP contribution in [0.4, 0.5) is 0 Å². The number of H-pyrrole nitrogens is 1. The number of rotatable bonds is 5. The minimum absolute atomic E-state index is 0.00210. The maximum Gasteiger partial charge on any atom is 0.237 e. The number of nitrogens with one attached hydrogen (secondary N) is 2. The van der Waals surface area contributed by atoms with Crippen LogP contribution in [0.25, 0.3) is 11.0 Å². The Morgan fingerprint density at radius 2 is 2.11 bits per heavy atom. The van der Waals surface area contributed by atoms with Gasteiger partial charge in [0.05, 0.1) is 23.6 Å². The number of carbonyl (C=O) groups is 1. The molecule has 0 saturated carbocycles. The number of amides is 1. The fourth-order valence-corrected chi connectivity index (χ4v) is 4.76. The van der Waals surface area contributed by atoms with Crippen LogP contribution in [0.3, 0.4) is 0 Å². The SMILES string of the molecule is CCCN1CC2(CCN(C)CC2)CC1C(=O)NCc1nc2ccccc2[nH]1. The van der Waals surface area contributed by atoms with Crippen molar-refractivity contribution in [3.8, 4) is 0 Å². The van der Waals surface area contributed by atoms with E-state index in [9.17, 15) is 4.79 Å². The Balaban J connectivity index is 1.41. The van der Waals surface area contributed by atoms with Gasteiger partial charge in [-0.1, -0.05) is 19.1 Å². The second-order valence-corrected chi connectivity index (χ2v) is 8.41. The van der Waals surface area contributed by atoms with Gasteiger partial charge >= 0.3 is 0 Å². The molecule has 3 heterocycles. The number of imidazole rings is 1. The first kappa shape index (κ1) is 18.4. The number of piperidine rings is 1. The Morgan fingerprint density at radius 1 is 1.33 bits per heavy atom. The van der Waals surface area contributed by atoms with Gasteiger partial charge in [-0.05, 0) is 69.9 Å². The number of hydrogen-bond acceptors (Lipinski definition) is 4. The first-order chi connectivity index (χ1) is 13.1. The van der Waals surface area contributed by atoms with Gasteiger partial charge in [-0.3, -0.25) is 9.69 Å². The first-order valence-corrected chi connectivity index (χ1v) is 10.2. The number of carbonyl (C=O) groups excluding carboxylic acids is 1. The third kappa shape index (κ3) is 3.87. The predicted molar refractivity (Wildman–Crippen MR) is 107 cm³/mol. The van der Waals surface area contributed by atoms with Crippen LogP contribution in [0.2, 0.25) is 0 Å². The third-order valence-electron chi connectivity index (χ3n) is 6.34. The number of aromatic amines is 1. The van der Waals surface area contributed by atoms with Crippen LogP contribution in [-0.4, -0.2) is 64.9 Å². The highest BCUT2D eigenvalue weighted by molar-refractivity contribution is 5.82. The zero-order valence-corrected chi connectivity index (χ0v) is 16.5. The van der Waals surface area contributed by atoms with E-state index < -0.39 is 0 Å². The zero-order chi connectivity index (χ0) is 18.9. The molecule has 1 amide bonds. The Labute approximate surface area is 161 Å². The summed E-state index contributed by atoms with van der Waals surface area (Å²) in [5.41, 5.74) is 2.28. The van der Waals surface area contributed by atoms with Crippen molar-refractivity contribution in [3.63, 3.8) is 0 Å². The van der Waals surface area contributed by atoms with Crippen molar-refractivity contribution >= 4 is 16.9 Å². The summed E-state index contributed by atoms with van der Waals surface area (Å²) < 4.78 is 0. The number of fused-ring (bicyclic) bond motifs is 1. The molecule has 1 unspecified atom stereocenters. The lowest BCUT2D eigenvalue weighted by molar-refractivity contribution is -0.125. The molecule has 0 bridgehead atoms. The topological polar surface area (TPSA) is 64.3 Å². The molecule has 1 atom stereocenters. The first-order valence-electron chi connectivity index (χ1n) is 10.2. The summed E-state index contributed by atoms with van der Waals surface area (Å²) in [6.07, 6.45) is 4.49. The van der Waals surface area contributed by atoms with Crippen LogP contribution in [0.1, 0.15) is 38.4 Å². The van der Waals surface area contributed by atoms with Gasteiger partial charge in [0.1, 0.15) is 5.82 Å². The van der Waals surface area contributed by atoms with E-state index in [-0.39, 0.29) is 11.9 Å². The second kappa shape index (κ2) is 7.60. The van der Waals surface area contributed by atoms with Gasteiger partial charge in [-0.2, -0.15) is 0 Å². The molecule has 0 aliphatic carbocycles. The molecule has 6 nitrogen and oxygen atoms in total. The number of para-hydroxylation sites is 2. The van der Waals surface area contributed by atoms with Gasteiger partial charge in [0.2, 0.25) is 5.91 Å². The predicted octanol–water partition coefficient (Wildman–Crippen LogP) is 2.38. The highest BCUT2D eigenvalue weighted by Crippen LogP contribution is 2.43. The van der Waals surface area contributed by atoms with Crippen molar-refractivity contribution in [3.05, 3.63) is 30.1 Å². The molecule has 1 spiro atoms. The summed E-state index contributed by atoms with van der Waals surface area (Å²) in [6.45, 7) is 7.01. The van der Waals surface area contributed by atoms with Crippen LogP contribution in [0, 0.1) is 5.41 Å². The van der Waals surface area contributed by atoms with Crippen molar-refractivity contribution in [1.82, 2.24) is 25.1 Å². The Bertz CT molecular complexity index is 760. The summed E-state index contributed by atoms with van der Waals surface area (Å²) >= 11 is 0. The largest absolute Gasteiger partial charge is 0.348 e. The third-order valence-corrected chi connectivity index (χ3v) is 6.34. The van der Waals surface area contributed by atoms with E-state index in [1.807, 2.05) is 24.3 Å². The lowest BCUT2D eigenvalue weighted by atomic mass is 9.76. The van der Waals surface area contributed by atoms with Gasteiger partial charge in [-0.15, -0.1) is 0 Å². The van der Waals surface area contributed by atoms with Crippen LogP contribution in [-0.2, 0) is 11.3 Å². The molecule has 4 rings (SSSR count). The van der Waals surface area contributed by atoms with Crippen molar-refractivity contribution in [1.29, 1.82) is 0 Å². The van der Waals surface area contributed by atoms with Crippen LogP contribution < -0.4 is 5.32 Å². The van der Waals surface area contributed by atoms with Gasteiger partial charge in [-0.25, -0.2) is 4.98 Å². The molecule has 1 aromatic carbocycles. The minimum Gasteiger partial charge on any atom is -0.348 e. The smallest absolute Gasteiger partial charge is 0.237 e. The van der Waals surface area contributed by atoms with E-state index in [2.05, 4.69) is 39.1 Å². The minimum atomic E-state index is -0.00210. The van der Waals surface area contributed by atoms with Crippen LogP contribution in [0.15, 0.2) is 24.3 Å². The molecular weight excluding hydrogens is 338 g/mol. The summed E-state index contributed by atoms with van der Waals surface area (Å²) in [5, 5.41) is 3.14. The summed E-state index contributed by atoms with van der Waals surface area (Å²) in [4.78, 5) is 25.7. The van der Waals surface area contributed by atoms with Crippen molar-refractivity contribution < 1.29 is 4.79 Å². The number of hydrogen-bond donors (Lipinski definition) is 2. The molecule has 2 fully saturated rings. The molecule has 2 aromatic rings. The van der Waals surface area contributed by atoms with E-state index >= 15 is 0 Å². The molecule has 2 aliphatic heterocycles. The summed E-state index contributed by atoms with van der Waals surface area (Å²) in [6, 6.07) is 7.97. The molecule has 2 aliphatic rings. The standard InChI is InChI=1S/C21H31N5O/c1-3-10-26-15-21(8-11-25(2)12-9-21)13-18(26)20(27)22-14-19-23-16-6-4-5-7-17(16)24-19/h4-7,18H,3,8-15H2,1-2H3,(H,22,27)(H,23,24). The lowest BCUT2D eigenvalue weighted by Crippen LogP contribution is -2.43. The quantitative estimate of drug-likeness (QED) is 0.849. The highest BCUT2D eigenvalue weighted by atomic mass is 16.2. The van der Waals surface area contributed by atoms with Crippen molar-refractivity contribution in [2.45, 2.75) is 45.2 Å². The average molecular weight is 370 g/mol. The van der Waals surface area contributed by atoms with Crippen LogP contribution >= 0.6 is 0 Å². The fraction of sp³-hybridized carbons (Fsp3) is 0.619. The van der Waals surface area contributed by atoms with Gasteiger partial charge < -0.3 is 15.2 Å². The normalized spacial score (nSPS) is 23.3. The van der Waals surface area contributed by atoms with E-state index in [0.29, 0.717) is 12.0 Å². The van der Waals surface area contributed by atoms with E-state index in [4.69, 9.17) is 0 Å². The molecule has 0 radical (unpaired) electrons. The van der Waals surface area contributed by atoms with Crippen LogP contribution in [0.5, 0.6) is 0 Å². The number of likely N-dealkylation sites (tertiary alicyclic amines) is 2. The molecule has 146 valence electrons. The molecule has 6 heteroatoms. The average Bonchev–Trinajstić information content (AvgIpc) is 3.24. The van der Waals surface area contributed by atoms with Crippen molar-refractivity contribution in [2.75, 3.05) is 33.2 Å². The molecule has 2 saturated heterocycles. The highest BCUT2D eigenvalue weighted by Gasteiger charge is 2.47. The van der Waals surface area contributed by atoms with E-state index in [0.717, 1.165) is 55.9 Å². The van der Waals surface area contributed by atoms with Gasteiger partial charge in [0, 0.05) is 6.54 Å². The number of benzene rings is 1. The Morgan fingerprint density at radius 3 is 2.85 bits per heavy atom. The van der Waals surface area contributed by atoms with Crippen molar-refractivity contribution in [2.24, 2.45) is 5.41 Å². The number of aromatic nitrogens is 2. The second-order valence-electron chi connectivity index (χ2n) is 8.41. The van der Waals surface area contributed by atoms with Gasteiger partial charge in [0.25, 0.3) is 0 Å². The van der Waals surface area contributed by atoms with Gasteiger partial charge in [0.15, 0.2) is 0 Å². The molecular formula is C21H31N5O.